The van der Waals surface area contributed by atoms with Crippen LogP contribution in [0.15, 0.2) is 11.1 Å². The lowest BCUT2D eigenvalue weighted by Crippen LogP contribution is -2.29. The van der Waals surface area contributed by atoms with Gasteiger partial charge in [0.15, 0.2) is 23.5 Å². The maximum Gasteiger partial charge on any atom is 0.695 e. The van der Waals surface area contributed by atoms with Crippen molar-refractivity contribution in [2.45, 2.75) is 52.6 Å². The Hall–Kier alpha value is -1.71. The van der Waals surface area contributed by atoms with E-state index in [1.54, 1.807) is 6.92 Å². The van der Waals surface area contributed by atoms with Crippen LogP contribution in [-0.4, -0.2) is 48.3 Å². The van der Waals surface area contributed by atoms with Crippen LogP contribution in [0.2, 0.25) is 0 Å². The van der Waals surface area contributed by atoms with Crippen molar-refractivity contribution in [1.29, 1.82) is 0 Å². The number of aromatic nitrogens is 4. The number of hydrogen-bond donors (Lipinski definition) is 3. The van der Waals surface area contributed by atoms with Crippen molar-refractivity contribution in [3.05, 3.63) is 22.5 Å². The van der Waals surface area contributed by atoms with E-state index in [2.05, 4.69) is 15.0 Å². The van der Waals surface area contributed by atoms with Crippen LogP contribution < -0.4 is 5.56 Å². The Morgan fingerprint density at radius 1 is 1.50 bits per heavy atom. The molecule has 1 fully saturated rings. The van der Waals surface area contributed by atoms with Crippen LogP contribution in [0.5, 0.6) is 0 Å². The van der Waals surface area contributed by atoms with Crippen molar-refractivity contribution in [3.8, 4) is 0 Å². The smallest absolute Gasteiger partial charge is 0.394 e. The van der Waals surface area contributed by atoms with E-state index in [0.29, 0.717) is 17.9 Å². The van der Waals surface area contributed by atoms with Gasteiger partial charge in [0.2, 0.25) is 0 Å². The number of nitrogens with zero attached hydrogens (tertiary/aromatic N) is 3. The summed E-state index contributed by atoms with van der Waals surface area (Å²) in [7, 11) is -2.86. The van der Waals surface area contributed by atoms with Crippen molar-refractivity contribution < 1.29 is 23.8 Å². The van der Waals surface area contributed by atoms with Gasteiger partial charge in [-0.3, -0.25) is 9.36 Å². The van der Waals surface area contributed by atoms with Crippen molar-refractivity contribution in [2.75, 3.05) is 6.61 Å². The predicted octanol–water partition coefficient (Wildman–Crippen LogP) is 1.41. The summed E-state index contributed by atoms with van der Waals surface area (Å²) in [5.74, 6) is 0.137. The van der Waals surface area contributed by atoms with E-state index >= 15 is 0 Å². The Kier molecular flexibility index (Phi) is 6.59. The van der Waals surface area contributed by atoms with Gasteiger partial charge in [-0.1, -0.05) is 20.8 Å². The number of fused-ring (bicyclic) bond motifs is 1. The minimum atomic E-state index is -2.86. The zero-order valence-electron chi connectivity index (χ0n) is 13.8. The molecule has 3 rings (SSSR count). The highest BCUT2D eigenvalue weighted by Gasteiger charge is 2.50. The standard InChI is InChI=1S/C14H19N4O6P.CH4/c1-3-4-8-9(5-19)23-14(11(8)24-25(21)22)18-6-15-10-12(18)16-7(2)17-13(10)20;/h6,8-9,11,14,19H,3-5H2,1-2H3,(H-,16,17,20,21,22);1H4/p+1/t8?,9-,11+,14-;/m1./s1. The third kappa shape index (κ3) is 3.70. The number of aliphatic hydroxyl groups is 1. The number of hydrogen-bond acceptors (Lipinski definition) is 7. The maximum atomic E-state index is 12.0. The van der Waals surface area contributed by atoms with E-state index in [9.17, 15) is 19.4 Å². The molecule has 0 aromatic carbocycles. The maximum absolute atomic E-state index is 12.0. The summed E-state index contributed by atoms with van der Waals surface area (Å²) in [6.45, 7) is 3.36. The van der Waals surface area contributed by atoms with Crippen LogP contribution in [-0.2, 0) is 13.8 Å². The fourth-order valence-corrected chi connectivity index (χ4v) is 3.79. The van der Waals surface area contributed by atoms with Gasteiger partial charge in [-0.25, -0.2) is 9.97 Å². The Labute approximate surface area is 151 Å². The second-order valence-electron chi connectivity index (χ2n) is 5.98. The Morgan fingerprint density at radius 2 is 2.23 bits per heavy atom. The van der Waals surface area contributed by atoms with E-state index in [1.165, 1.54) is 10.9 Å². The molecule has 3 heterocycles. The lowest BCUT2D eigenvalue weighted by atomic mass is 9.93. The normalized spacial score (nSPS) is 26.1. The summed E-state index contributed by atoms with van der Waals surface area (Å²) in [6, 6.07) is 0. The van der Waals surface area contributed by atoms with E-state index < -0.39 is 26.7 Å². The van der Waals surface area contributed by atoms with Crippen LogP contribution in [0.1, 0.15) is 39.2 Å². The van der Waals surface area contributed by atoms with Crippen molar-refractivity contribution in [3.63, 3.8) is 0 Å². The summed E-state index contributed by atoms with van der Waals surface area (Å²) >= 11 is 0. The fraction of sp³-hybridized carbons (Fsp3) is 0.667. The van der Waals surface area contributed by atoms with Gasteiger partial charge in [0.1, 0.15) is 5.82 Å². The zero-order chi connectivity index (χ0) is 18.1. The third-order valence-electron chi connectivity index (χ3n) is 4.33. The summed E-state index contributed by atoms with van der Waals surface area (Å²) in [4.78, 5) is 32.2. The molecule has 0 radical (unpaired) electrons. The molecule has 0 saturated carbocycles. The van der Waals surface area contributed by atoms with E-state index in [-0.39, 0.29) is 31.0 Å². The number of H-pyrrole nitrogens is 1. The van der Waals surface area contributed by atoms with Gasteiger partial charge in [-0.2, -0.15) is 0 Å². The van der Waals surface area contributed by atoms with Crippen molar-refractivity contribution in [1.82, 2.24) is 19.5 Å². The van der Waals surface area contributed by atoms with Gasteiger partial charge in [-0.15, -0.1) is 9.42 Å². The van der Waals surface area contributed by atoms with Gasteiger partial charge in [0.05, 0.1) is 19.0 Å². The molecular weight excluding hydrogens is 363 g/mol. The van der Waals surface area contributed by atoms with Crippen molar-refractivity contribution >= 4 is 19.4 Å². The number of aliphatic hydroxyl groups excluding tert-OH is 1. The second-order valence-corrected chi connectivity index (χ2v) is 6.67. The first-order valence-corrected chi connectivity index (χ1v) is 9.12. The van der Waals surface area contributed by atoms with Gasteiger partial charge in [0.25, 0.3) is 5.56 Å². The lowest BCUT2D eigenvalue weighted by Gasteiger charge is -2.18. The molecule has 1 aliphatic rings. The molecule has 2 aromatic rings. The minimum Gasteiger partial charge on any atom is -0.394 e. The topological polar surface area (TPSA) is 140 Å². The molecule has 26 heavy (non-hydrogen) atoms. The number of ether oxygens (including phenoxy) is 1. The summed E-state index contributed by atoms with van der Waals surface area (Å²) in [6.07, 6.45) is 0.685. The highest BCUT2D eigenvalue weighted by molar-refractivity contribution is 7.32. The molecule has 1 saturated heterocycles. The van der Waals surface area contributed by atoms with E-state index in [4.69, 9.17) is 9.26 Å². The van der Waals surface area contributed by atoms with Gasteiger partial charge in [-0.05, 0) is 13.3 Å². The zero-order valence-corrected chi connectivity index (χ0v) is 14.7. The SMILES string of the molecule is C.CCCC1[C@@H](CO)O[C@@H](n2cnc3c(=O)[nH]c(C)nc32)[C@H]1O[P+](=O)O. The summed E-state index contributed by atoms with van der Waals surface area (Å²) in [5.41, 5.74) is 0.0523. The molecule has 11 heteroatoms. The van der Waals surface area contributed by atoms with Gasteiger partial charge in [0, 0.05) is 10.5 Å². The molecule has 144 valence electrons. The first kappa shape index (κ1) is 20.6. The van der Waals surface area contributed by atoms with E-state index in [0.717, 1.165) is 6.42 Å². The third-order valence-corrected chi connectivity index (χ3v) is 4.76. The molecule has 1 aliphatic heterocycles. The molecular formula is C15H24N4O6P+. The van der Waals surface area contributed by atoms with Gasteiger partial charge >= 0.3 is 8.25 Å². The van der Waals surface area contributed by atoms with Crippen LogP contribution in [0.3, 0.4) is 0 Å². The largest absolute Gasteiger partial charge is 0.695 e. The van der Waals surface area contributed by atoms with Crippen molar-refractivity contribution in [2.24, 2.45) is 5.92 Å². The predicted molar refractivity (Wildman–Crippen MR) is 93.7 cm³/mol. The fourth-order valence-electron chi connectivity index (χ4n) is 3.32. The molecule has 0 bridgehead atoms. The quantitative estimate of drug-likeness (QED) is 0.632. The highest BCUT2D eigenvalue weighted by atomic mass is 31.1. The number of rotatable bonds is 6. The number of aryl methyl sites for hydroxylation is 1. The lowest BCUT2D eigenvalue weighted by molar-refractivity contribution is -0.0454. The molecule has 0 spiro atoms. The number of aromatic amines is 1. The monoisotopic (exact) mass is 387 g/mol. The Morgan fingerprint density at radius 3 is 2.85 bits per heavy atom. The average molecular weight is 387 g/mol. The Balaban J connectivity index is 0.00000243. The minimum absolute atomic E-state index is 0. The first-order valence-electron chi connectivity index (χ1n) is 7.99. The van der Waals surface area contributed by atoms with E-state index in [1.807, 2.05) is 6.92 Å². The highest BCUT2D eigenvalue weighted by Crippen LogP contribution is 2.42. The van der Waals surface area contributed by atoms with Crippen LogP contribution in [0, 0.1) is 12.8 Å². The molecule has 5 atom stereocenters. The molecule has 3 N–H and O–H groups in total. The summed E-state index contributed by atoms with van der Waals surface area (Å²) < 4.78 is 23.9. The Bertz CT molecular complexity index is 837. The van der Waals surface area contributed by atoms with Crippen LogP contribution in [0.25, 0.3) is 11.2 Å². The number of nitrogens with one attached hydrogen (secondary N) is 1. The van der Waals surface area contributed by atoms with Crippen LogP contribution in [0.4, 0.5) is 0 Å². The molecule has 2 aromatic heterocycles. The van der Waals surface area contributed by atoms with Crippen LogP contribution >= 0.6 is 8.25 Å². The molecule has 10 nitrogen and oxygen atoms in total. The average Bonchev–Trinajstić information content (AvgIpc) is 3.09. The second kappa shape index (κ2) is 8.32. The summed E-state index contributed by atoms with van der Waals surface area (Å²) in [5, 5.41) is 9.62. The number of imidazole rings is 1. The molecule has 0 amide bonds. The van der Waals surface area contributed by atoms with Gasteiger partial charge < -0.3 is 14.8 Å². The molecule has 2 unspecified atom stereocenters. The molecule has 0 aliphatic carbocycles. The first-order chi connectivity index (χ1) is 12.0.